The average Bonchev–Trinajstić information content (AvgIpc) is 2.41. The van der Waals surface area contributed by atoms with E-state index in [1.54, 1.807) is 0 Å². The number of aliphatic hydroxyl groups is 2. The average molecular weight is 304 g/mol. The zero-order chi connectivity index (χ0) is 15.8. The number of carbonyl (C=O) groups excluding carboxylic acids is 2. The molecule has 1 fully saturated rings. The van der Waals surface area contributed by atoms with Gasteiger partial charge < -0.3 is 24.4 Å². The van der Waals surface area contributed by atoms with Crippen LogP contribution in [0, 0.1) is 0 Å². The van der Waals surface area contributed by atoms with Crippen LogP contribution in [0.5, 0.6) is 0 Å². The first-order valence-electron chi connectivity index (χ1n) is 7.34. The Labute approximate surface area is 124 Å². The lowest BCUT2D eigenvalue weighted by Crippen LogP contribution is -2.51. The van der Waals surface area contributed by atoms with Crippen molar-refractivity contribution in [3.05, 3.63) is 0 Å². The number of ether oxygens (including phenoxy) is 3. The highest BCUT2D eigenvalue weighted by Gasteiger charge is 2.39. The molecule has 1 heterocycles. The lowest BCUT2D eigenvalue weighted by atomic mass is 10.0. The van der Waals surface area contributed by atoms with Crippen LogP contribution >= 0.6 is 0 Å². The third-order valence-corrected chi connectivity index (χ3v) is 3.12. The van der Waals surface area contributed by atoms with Gasteiger partial charge in [-0.25, -0.2) is 0 Å². The highest BCUT2D eigenvalue weighted by molar-refractivity contribution is 5.69. The number of aliphatic hydroxyl groups excluding tert-OH is 2. The van der Waals surface area contributed by atoms with Crippen molar-refractivity contribution in [3.63, 3.8) is 0 Å². The Morgan fingerprint density at radius 1 is 1.14 bits per heavy atom. The van der Waals surface area contributed by atoms with Crippen molar-refractivity contribution in [1.29, 1.82) is 0 Å². The molecule has 21 heavy (non-hydrogen) atoms. The van der Waals surface area contributed by atoms with Crippen LogP contribution in [-0.2, 0) is 23.8 Å². The zero-order valence-corrected chi connectivity index (χ0v) is 12.5. The Hall–Kier alpha value is -1.18. The van der Waals surface area contributed by atoms with Crippen molar-refractivity contribution in [2.45, 2.75) is 70.6 Å². The van der Waals surface area contributed by atoms with E-state index >= 15 is 0 Å². The van der Waals surface area contributed by atoms with Gasteiger partial charge in [0.1, 0.15) is 18.8 Å². The number of hydrogen-bond acceptors (Lipinski definition) is 7. The van der Waals surface area contributed by atoms with E-state index in [4.69, 9.17) is 14.2 Å². The van der Waals surface area contributed by atoms with Crippen molar-refractivity contribution < 1.29 is 34.0 Å². The molecule has 1 rings (SSSR count). The monoisotopic (exact) mass is 304 g/mol. The maximum absolute atomic E-state index is 11.4. The quantitative estimate of drug-likeness (QED) is 0.661. The summed E-state index contributed by atoms with van der Waals surface area (Å²) in [6.07, 6.45) is -2.27. The van der Waals surface area contributed by atoms with E-state index in [0.29, 0.717) is 12.8 Å². The Morgan fingerprint density at radius 2 is 1.76 bits per heavy atom. The van der Waals surface area contributed by atoms with Crippen LogP contribution in [0.4, 0.5) is 0 Å². The van der Waals surface area contributed by atoms with Crippen molar-refractivity contribution in [1.82, 2.24) is 0 Å². The third kappa shape index (κ3) is 5.99. The lowest BCUT2D eigenvalue weighted by molar-refractivity contribution is -0.253. The number of esters is 2. The van der Waals surface area contributed by atoms with Gasteiger partial charge >= 0.3 is 11.9 Å². The summed E-state index contributed by atoms with van der Waals surface area (Å²) >= 11 is 0. The molecular weight excluding hydrogens is 280 g/mol. The molecule has 0 saturated carbocycles. The second-order valence-corrected chi connectivity index (χ2v) is 5.07. The summed E-state index contributed by atoms with van der Waals surface area (Å²) in [7, 11) is 0. The minimum Gasteiger partial charge on any atom is -0.463 e. The lowest BCUT2D eigenvalue weighted by Gasteiger charge is -2.36. The van der Waals surface area contributed by atoms with Crippen molar-refractivity contribution in [2.24, 2.45) is 0 Å². The maximum Gasteiger partial charge on any atom is 0.308 e. The largest absolute Gasteiger partial charge is 0.463 e. The van der Waals surface area contributed by atoms with Crippen LogP contribution in [-0.4, -0.2) is 53.4 Å². The van der Waals surface area contributed by atoms with Gasteiger partial charge in [-0.1, -0.05) is 13.8 Å². The molecule has 0 bridgehead atoms. The van der Waals surface area contributed by atoms with Crippen LogP contribution < -0.4 is 0 Å². The summed E-state index contributed by atoms with van der Waals surface area (Å²) in [5.41, 5.74) is 0. The Bertz CT molecular complexity index is 344. The summed E-state index contributed by atoms with van der Waals surface area (Å²) in [6, 6.07) is 0. The summed E-state index contributed by atoms with van der Waals surface area (Å²) in [6.45, 7) is 3.51. The van der Waals surface area contributed by atoms with Gasteiger partial charge in [0.25, 0.3) is 0 Å². The van der Waals surface area contributed by atoms with E-state index in [1.807, 2.05) is 13.8 Å². The van der Waals surface area contributed by atoms with Gasteiger partial charge in [0, 0.05) is 19.3 Å². The smallest absolute Gasteiger partial charge is 0.308 e. The normalized spacial score (nSPS) is 29.0. The van der Waals surface area contributed by atoms with Gasteiger partial charge in [-0.2, -0.15) is 0 Å². The summed E-state index contributed by atoms with van der Waals surface area (Å²) in [5, 5.41) is 19.6. The first-order valence-corrected chi connectivity index (χ1v) is 7.34. The van der Waals surface area contributed by atoms with E-state index in [2.05, 4.69) is 0 Å². The Kier molecular flexibility index (Phi) is 7.63. The summed E-state index contributed by atoms with van der Waals surface area (Å²) in [5.74, 6) is -0.819. The molecular formula is C14H24O7. The molecule has 0 aliphatic carbocycles. The van der Waals surface area contributed by atoms with E-state index in [1.165, 1.54) is 0 Å². The molecule has 2 N–H and O–H groups in total. The van der Waals surface area contributed by atoms with Crippen LogP contribution in [0.25, 0.3) is 0 Å². The predicted octanol–water partition coefficient (Wildman–Crippen LogP) is 0.510. The fourth-order valence-corrected chi connectivity index (χ4v) is 1.99. The van der Waals surface area contributed by atoms with Crippen LogP contribution in [0.3, 0.4) is 0 Å². The Balaban J connectivity index is 2.49. The number of hydrogen-bond donors (Lipinski definition) is 2. The SMILES string of the molecule is CCCC(=O)OC[C@H]1OC(OC(=O)CCC)C[C@H](O)[C@H]1O. The second-order valence-electron chi connectivity index (χ2n) is 5.07. The molecule has 0 aromatic heterocycles. The zero-order valence-electron chi connectivity index (χ0n) is 12.5. The van der Waals surface area contributed by atoms with Crippen molar-refractivity contribution in [3.8, 4) is 0 Å². The first kappa shape index (κ1) is 17.9. The highest BCUT2D eigenvalue weighted by atomic mass is 16.7. The van der Waals surface area contributed by atoms with Crippen LogP contribution in [0.2, 0.25) is 0 Å². The predicted molar refractivity (Wildman–Crippen MR) is 72.2 cm³/mol. The van der Waals surface area contributed by atoms with Gasteiger partial charge in [-0.05, 0) is 12.8 Å². The van der Waals surface area contributed by atoms with E-state index < -0.39 is 36.5 Å². The fraction of sp³-hybridized carbons (Fsp3) is 0.857. The topological polar surface area (TPSA) is 102 Å². The molecule has 7 nitrogen and oxygen atoms in total. The fourth-order valence-electron chi connectivity index (χ4n) is 1.99. The Morgan fingerprint density at radius 3 is 2.38 bits per heavy atom. The van der Waals surface area contributed by atoms with Gasteiger partial charge in [0.15, 0.2) is 0 Å². The van der Waals surface area contributed by atoms with Gasteiger partial charge in [0.2, 0.25) is 6.29 Å². The minimum absolute atomic E-state index is 0.00394. The minimum atomic E-state index is -1.18. The molecule has 0 amide bonds. The third-order valence-electron chi connectivity index (χ3n) is 3.12. The molecule has 0 aromatic carbocycles. The maximum atomic E-state index is 11.4. The number of carbonyl (C=O) groups is 2. The molecule has 0 spiro atoms. The molecule has 1 aliphatic rings. The van der Waals surface area contributed by atoms with Crippen LogP contribution in [0.15, 0.2) is 0 Å². The van der Waals surface area contributed by atoms with E-state index in [0.717, 1.165) is 0 Å². The van der Waals surface area contributed by atoms with Gasteiger partial charge in [-0.3, -0.25) is 9.59 Å². The van der Waals surface area contributed by atoms with Crippen molar-refractivity contribution in [2.75, 3.05) is 6.61 Å². The summed E-state index contributed by atoms with van der Waals surface area (Å²) < 4.78 is 15.4. The molecule has 0 aromatic rings. The molecule has 7 heteroatoms. The van der Waals surface area contributed by atoms with Crippen molar-refractivity contribution >= 4 is 11.9 Å². The molecule has 4 atom stereocenters. The molecule has 1 aliphatic heterocycles. The standard InChI is InChI=1S/C14H24O7/c1-3-5-11(16)19-8-10-14(18)9(15)7-13(20-10)21-12(17)6-4-2/h9-10,13-15,18H,3-8H2,1-2H3/t9-,10+,13?,14+/m0/s1. The van der Waals surface area contributed by atoms with E-state index in [-0.39, 0.29) is 25.9 Å². The van der Waals surface area contributed by atoms with Crippen LogP contribution in [0.1, 0.15) is 46.0 Å². The molecule has 1 unspecified atom stereocenters. The molecule has 1 saturated heterocycles. The molecule has 122 valence electrons. The first-order chi connectivity index (χ1) is 9.97. The second kappa shape index (κ2) is 8.96. The van der Waals surface area contributed by atoms with Gasteiger partial charge in [0.05, 0.1) is 6.10 Å². The van der Waals surface area contributed by atoms with E-state index in [9.17, 15) is 19.8 Å². The number of rotatable bonds is 7. The molecule has 0 radical (unpaired) electrons. The summed E-state index contributed by atoms with van der Waals surface area (Å²) in [4.78, 5) is 22.7. The highest BCUT2D eigenvalue weighted by Crippen LogP contribution is 2.22. The van der Waals surface area contributed by atoms with Gasteiger partial charge in [-0.15, -0.1) is 0 Å².